The maximum Gasteiger partial charge on any atom is 0 e. The van der Waals surface area contributed by atoms with Crippen LogP contribution in [0.4, 0.5) is 19.2 Å². The monoisotopic (exact) mass is 441 g/mol. The van der Waals surface area contributed by atoms with Crippen molar-refractivity contribution < 1.29 is 79.9 Å². The zero-order valence-electron chi connectivity index (χ0n) is 6.46. The van der Waals surface area contributed by atoms with Gasteiger partial charge in [0.2, 0.25) is 0 Å². The SMILES string of the molecule is O=[C](O)[Co]([C](=O)O)([C](=O)O)[C](=O)O.[Hg]. The van der Waals surface area contributed by atoms with Gasteiger partial charge in [0.1, 0.15) is 0 Å². The van der Waals surface area contributed by atoms with Gasteiger partial charge in [0, 0.05) is 27.7 Å². The van der Waals surface area contributed by atoms with Crippen molar-refractivity contribution in [3.8, 4) is 0 Å². The van der Waals surface area contributed by atoms with Crippen LogP contribution in [0.5, 0.6) is 0 Å². The molecule has 0 spiro atoms. The van der Waals surface area contributed by atoms with E-state index in [1.807, 2.05) is 0 Å². The fraction of sp³-hybridized carbons (Fsp3) is 0. The number of rotatable bonds is 4. The Bertz CT molecular complexity index is 236. The molecule has 0 fully saturated rings. The van der Waals surface area contributed by atoms with Gasteiger partial charge in [-0.3, -0.25) is 0 Å². The second-order valence-corrected chi connectivity index (χ2v) is 4.78. The first-order valence-electron chi connectivity index (χ1n) is 2.38. The summed E-state index contributed by atoms with van der Waals surface area (Å²) in [6, 6.07) is 0. The largest absolute Gasteiger partial charge is 0 e. The number of hydrogen-bond acceptors (Lipinski definition) is 4. The molecular formula is C4H4CoHgO8. The van der Waals surface area contributed by atoms with Gasteiger partial charge in [-0.25, -0.2) is 0 Å². The average Bonchev–Trinajstić information content (AvgIpc) is 1.82. The molecule has 0 aliphatic carbocycles. The zero-order valence-corrected chi connectivity index (χ0v) is 13.0. The fourth-order valence-electron chi connectivity index (χ4n) is 0.366. The minimum Gasteiger partial charge on any atom is 0 e. The summed E-state index contributed by atoms with van der Waals surface area (Å²) in [5.41, 5.74) is 0. The molecule has 0 heterocycles. The summed E-state index contributed by atoms with van der Waals surface area (Å²) < 4.78 is 0. The number of carbonyl (C=O) groups is 4. The Hall–Kier alpha value is -0.678. The van der Waals surface area contributed by atoms with Gasteiger partial charge in [-0.1, -0.05) is 0 Å². The molecular weight excluding hydrogens is 436 g/mol. The van der Waals surface area contributed by atoms with Gasteiger partial charge in [0.25, 0.3) is 0 Å². The van der Waals surface area contributed by atoms with E-state index < -0.39 is 32.2 Å². The second-order valence-electron chi connectivity index (χ2n) is 1.44. The smallest absolute Gasteiger partial charge is 0 e. The van der Waals surface area contributed by atoms with E-state index in [-0.39, 0.29) is 27.7 Å². The van der Waals surface area contributed by atoms with Crippen molar-refractivity contribution in [2.24, 2.45) is 0 Å². The standard InChI is InChI=1S/4CHO2.Co.Hg/c4*2-1-3;;/h4*(H,2,3);;. The predicted molar refractivity (Wildman–Crippen MR) is 32.1 cm³/mol. The molecule has 0 amide bonds. The molecule has 10 heteroatoms. The first-order chi connectivity index (χ1) is 5.77. The van der Waals surface area contributed by atoms with E-state index in [0.717, 1.165) is 0 Å². The van der Waals surface area contributed by atoms with Gasteiger partial charge in [0.15, 0.2) is 0 Å². The molecule has 14 heavy (non-hydrogen) atoms. The third kappa shape index (κ3) is 2.22. The number of carboxylic acid groups (broad SMARTS) is 4. The summed E-state index contributed by atoms with van der Waals surface area (Å²) >= 11 is -5.10. The Labute approximate surface area is 99.2 Å². The Morgan fingerprint density at radius 1 is 0.643 bits per heavy atom. The molecule has 0 rings (SSSR count). The van der Waals surface area contributed by atoms with E-state index in [2.05, 4.69) is 0 Å². The van der Waals surface area contributed by atoms with Crippen LogP contribution in [0.25, 0.3) is 0 Å². The van der Waals surface area contributed by atoms with Crippen LogP contribution in [0.15, 0.2) is 0 Å². The van der Waals surface area contributed by atoms with E-state index in [9.17, 15) is 19.2 Å². The van der Waals surface area contributed by atoms with E-state index >= 15 is 0 Å². The molecule has 8 nitrogen and oxygen atoms in total. The topological polar surface area (TPSA) is 149 Å². The van der Waals surface area contributed by atoms with Gasteiger partial charge >= 0.3 is 71.8 Å². The molecule has 4 N–H and O–H groups in total. The molecule has 0 aromatic heterocycles. The van der Waals surface area contributed by atoms with Crippen LogP contribution in [0.1, 0.15) is 0 Å². The molecule has 0 atom stereocenters. The minimum atomic E-state index is -5.10. The van der Waals surface area contributed by atoms with Crippen LogP contribution in [-0.2, 0) is 40.3 Å². The van der Waals surface area contributed by atoms with E-state index in [1.54, 1.807) is 0 Å². The van der Waals surface area contributed by atoms with Gasteiger partial charge in [-0.05, 0) is 0 Å². The minimum absolute atomic E-state index is 0. The third-order valence-corrected chi connectivity index (χ3v) is 3.53. The molecule has 0 unspecified atom stereocenters. The van der Waals surface area contributed by atoms with Crippen molar-refractivity contribution in [1.82, 2.24) is 0 Å². The zero-order chi connectivity index (χ0) is 10.8. The first kappa shape index (κ1) is 15.8. The fourth-order valence-corrected chi connectivity index (χ4v) is 1.51. The predicted octanol–water partition coefficient (Wildman–Crippen LogP) is 0.850. The van der Waals surface area contributed by atoms with Crippen molar-refractivity contribution in [2.75, 3.05) is 0 Å². The third-order valence-electron chi connectivity index (χ3n) is 0.855. The van der Waals surface area contributed by atoms with Crippen LogP contribution < -0.4 is 0 Å². The van der Waals surface area contributed by atoms with E-state index in [0.29, 0.717) is 0 Å². The Balaban J connectivity index is 0. The van der Waals surface area contributed by atoms with Crippen LogP contribution >= 0.6 is 0 Å². The summed E-state index contributed by atoms with van der Waals surface area (Å²) in [5.74, 6) is 0. The van der Waals surface area contributed by atoms with Crippen LogP contribution in [0.3, 0.4) is 0 Å². The summed E-state index contributed by atoms with van der Waals surface area (Å²) in [7, 11) is 0. The van der Waals surface area contributed by atoms with Gasteiger partial charge < -0.3 is 0 Å². The molecule has 0 aliphatic heterocycles. The average molecular weight is 440 g/mol. The molecule has 0 aromatic rings. The van der Waals surface area contributed by atoms with Gasteiger partial charge in [0.05, 0.1) is 0 Å². The number of hydrogen-bond donors (Lipinski definition) is 4. The Morgan fingerprint density at radius 3 is 0.786 bits per heavy atom. The quantitative estimate of drug-likeness (QED) is 0.471. The maximum absolute atomic E-state index is 10.3. The maximum atomic E-state index is 10.3. The second kappa shape index (κ2) is 5.26. The molecule has 0 aliphatic rings. The summed E-state index contributed by atoms with van der Waals surface area (Å²) in [6.45, 7) is 0. The van der Waals surface area contributed by atoms with E-state index in [1.165, 1.54) is 0 Å². The van der Waals surface area contributed by atoms with Crippen molar-refractivity contribution in [1.29, 1.82) is 0 Å². The summed E-state index contributed by atoms with van der Waals surface area (Å²) in [5, 5.41) is 33.0. The first-order valence-corrected chi connectivity index (χ1v) is 4.46. The normalized spacial score (nSPS) is 10.9. The van der Waals surface area contributed by atoms with Gasteiger partial charge in [-0.15, -0.1) is 0 Å². The molecule has 0 saturated heterocycles. The van der Waals surface area contributed by atoms with Crippen molar-refractivity contribution in [2.45, 2.75) is 0 Å². The molecule has 0 saturated carbocycles. The summed E-state index contributed by atoms with van der Waals surface area (Å²) in [4.78, 5) is 31.6. The molecule has 0 aromatic carbocycles. The summed E-state index contributed by atoms with van der Waals surface area (Å²) in [6.07, 6.45) is 0. The van der Waals surface area contributed by atoms with Crippen LogP contribution in [0.2, 0.25) is 0 Å². The van der Waals surface area contributed by atoms with Crippen molar-refractivity contribution in [3.05, 3.63) is 0 Å². The van der Waals surface area contributed by atoms with Gasteiger partial charge in [-0.2, -0.15) is 0 Å². The van der Waals surface area contributed by atoms with Crippen molar-refractivity contribution >= 4 is 19.6 Å². The molecule has 0 bridgehead atoms. The van der Waals surface area contributed by atoms with Crippen molar-refractivity contribution in [3.63, 3.8) is 0 Å². The Morgan fingerprint density at radius 2 is 0.786 bits per heavy atom. The van der Waals surface area contributed by atoms with Crippen LogP contribution in [-0.4, -0.2) is 40.0 Å². The molecule has 0 radical (unpaired) electrons. The van der Waals surface area contributed by atoms with Crippen LogP contribution in [0, 0.1) is 0 Å². The molecule has 79 valence electrons. The van der Waals surface area contributed by atoms with E-state index in [4.69, 9.17) is 20.4 Å². The Kier molecular flexibility index (Phi) is 5.93.